The molecule has 0 saturated heterocycles. The first kappa shape index (κ1) is 18.2. The number of ether oxygens (including phenoxy) is 1. The van der Waals surface area contributed by atoms with Gasteiger partial charge in [0.2, 0.25) is 5.91 Å². The van der Waals surface area contributed by atoms with Crippen molar-refractivity contribution in [2.45, 2.75) is 13.3 Å². The number of carbonyl (C=O) groups is 2. The molecule has 138 valence electrons. The molecule has 0 unspecified atom stereocenters. The lowest BCUT2D eigenvalue weighted by atomic mass is 10.1. The van der Waals surface area contributed by atoms with Crippen LogP contribution in [-0.4, -0.2) is 28.4 Å². The first-order chi connectivity index (χ1) is 13.0. The maximum atomic E-state index is 12.9. The number of anilines is 1. The second-order valence-corrected chi connectivity index (χ2v) is 5.75. The summed E-state index contributed by atoms with van der Waals surface area (Å²) < 4.78 is 23.1. The number of nitrogens with one attached hydrogen (secondary N) is 1. The molecule has 1 aromatic heterocycles. The molecule has 3 rings (SSSR count). The molecular weight excluding hydrogens is 353 g/mol. The predicted molar refractivity (Wildman–Crippen MR) is 94.1 cm³/mol. The highest BCUT2D eigenvalue weighted by Gasteiger charge is 2.12. The molecule has 2 aromatic carbocycles. The molecule has 0 aliphatic rings. The van der Waals surface area contributed by atoms with Crippen LogP contribution in [0.3, 0.4) is 0 Å². The highest BCUT2D eigenvalue weighted by atomic mass is 19.1. The summed E-state index contributed by atoms with van der Waals surface area (Å²) in [5.74, 6) is -0.420. The van der Waals surface area contributed by atoms with Crippen LogP contribution >= 0.6 is 0 Å². The van der Waals surface area contributed by atoms with Gasteiger partial charge in [-0.05, 0) is 42.0 Å². The minimum absolute atomic E-state index is 0.115. The van der Waals surface area contributed by atoms with Crippen molar-refractivity contribution in [1.29, 1.82) is 0 Å². The summed E-state index contributed by atoms with van der Waals surface area (Å²) in [7, 11) is 0. The quantitative estimate of drug-likeness (QED) is 0.644. The maximum absolute atomic E-state index is 12.9. The average molecular weight is 369 g/mol. The van der Waals surface area contributed by atoms with Gasteiger partial charge in [0.05, 0.1) is 0 Å². The molecule has 0 aliphatic carbocycles. The Morgan fingerprint density at radius 2 is 1.81 bits per heavy atom. The second kappa shape index (κ2) is 8.22. The predicted octanol–water partition coefficient (Wildman–Crippen LogP) is 3.02. The summed E-state index contributed by atoms with van der Waals surface area (Å²) in [6.45, 7) is 1.14. The first-order valence-electron chi connectivity index (χ1n) is 8.10. The maximum Gasteiger partial charge on any atom is 0.417 e. The molecule has 0 atom stereocenters. The van der Waals surface area contributed by atoms with Crippen molar-refractivity contribution >= 4 is 17.4 Å². The highest BCUT2D eigenvalue weighted by molar-refractivity contribution is 5.98. The fraction of sp³-hybridized carbons (Fsp3) is 0.158. The second-order valence-electron chi connectivity index (χ2n) is 5.75. The van der Waals surface area contributed by atoms with Crippen molar-refractivity contribution < 1.29 is 23.2 Å². The summed E-state index contributed by atoms with van der Waals surface area (Å²) in [6, 6.07) is 12.4. The van der Waals surface area contributed by atoms with Crippen molar-refractivity contribution in [3.8, 4) is 6.08 Å². The summed E-state index contributed by atoms with van der Waals surface area (Å²) in [5.41, 5.74) is 1.84. The molecule has 1 heterocycles. The zero-order valence-corrected chi connectivity index (χ0v) is 14.4. The number of halogens is 1. The average Bonchev–Trinajstić information content (AvgIpc) is 3.09. The Bertz CT molecular complexity index is 936. The number of hydrogen-bond acceptors (Lipinski definition) is 6. The van der Waals surface area contributed by atoms with Crippen molar-refractivity contribution in [2.24, 2.45) is 0 Å². The molecule has 7 nitrogen and oxygen atoms in total. The number of hydrogen-bond donors (Lipinski definition) is 1. The van der Waals surface area contributed by atoms with Crippen molar-refractivity contribution in [3.05, 3.63) is 71.3 Å². The minimum Gasteiger partial charge on any atom is -0.440 e. The van der Waals surface area contributed by atoms with Gasteiger partial charge < -0.3 is 10.1 Å². The van der Waals surface area contributed by atoms with E-state index < -0.39 is 0 Å². The van der Waals surface area contributed by atoms with Crippen LogP contribution in [-0.2, 0) is 11.2 Å². The molecule has 0 bridgehead atoms. The lowest BCUT2D eigenvalue weighted by Crippen LogP contribution is -2.12. The number of Topliss-reactive ketones (excluding diaryl/α,β-unsaturated/α-hetero) is 1. The molecule has 0 fully saturated rings. The molecule has 0 spiro atoms. The number of rotatable bonds is 7. The number of nitrogens with zero attached hydrogens (tertiary/aromatic N) is 2. The molecule has 0 saturated carbocycles. The SMILES string of the molecule is CC(=O)Nc1ccc(C(=O)COc2nc(Cc3ccc(F)cc3)no2)cc1. The Morgan fingerprint density at radius 1 is 1.11 bits per heavy atom. The van der Waals surface area contributed by atoms with Crippen LogP contribution in [0.4, 0.5) is 10.1 Å². The van der Waals surface area contributed by atoms with Crippen molar-refractivity contribution in [1.82, 2.24) is 10.1 Å². The molecule has 27 heavy (non-hydrogen) atoms. The molecular formula is C19H16FN3O4. The number of ketones is 1. The van der Waals surface area contributed by atoms with Crippen LogP contribution in [0.25, 0.3) is 0 Å². The summed E-state index contributed by atoms with van der Waals surface area (Å²) in [5, 5.41) is 6.39. The van der Waals surface area contributed by atoms with Crippen LogP contribution < -0.4 is 10.1 Å². The van der Waals surface area contributed by atoms with E-state index in [1.54, 1.807) is 36.4 Å². The molecule has 0 aliphatic heterocycles. The number of carbonyl (C=O) groups excluding carboxylic acids is 2. The zero-order valence-electron chi connectivity index (χ0n) is 14.4. The van der Waals surface area contributed by atoms with E-state index in [4.69, 9.17) is 9.26 Å². The van der Waals surface area contributed by atoms with E-state index >= 15 is 0 Å². The highest BCUT2D eigenvalue weighted by Crippen LogP contribution is 2.13. The van der Waals surface area contributed by atoms with Gasteiger partial charge >= 0.3 is 6.08 Å². The van der Waals surface area contributed by atoms with Crippen LogP contribution in [0.1, 0.15) is 28.7 Å². The Kier molecular flexibility index (Phi) is 5.55. The number of aromatic nitrogens is 2. The third kappa shape index (κ3) is 5.21. The van der Waals surface area contributed by atoms with Gasteiger partial charge in [0.25, 0.3) is 0 Å². The van der Waals surface area contributed by atoms with E-state index in [-0.39, 0.29) is 30.2 Å². The van der Waals surface area contributed by atoms with E-state index in [0.29, 0.717) is 23.5 Å². The molecule has 8 heteroatoms. The van der Waals surface area contributed by atoms with Gasteiger partial charge in [0.15, 0.2) is 18.2 Å². The van der Waals surface area contributed by atoms with E-state index in [2.05, 4.69) is 15.5 Å². The first-order valence-corrected chi connectivity index (χ1v) is 8.10. The van der Waals surface area contributed by atoms with Gasteiger partial charge in [0.1, 0.15) is 5.82 Å². The molecule has 1 amide bonds. The van der Waals surface area contributed by atoms with Gasteiger partial charge in [-0.1, -0.05) is 17.3 Å². The lowest BCUT2D eigenvalue weighted by Gasteiger charge is -2.04. The number of benzene rings is 2. The van der Waals surface area contributed by atoms with Gasteiger partial charge in [-0.3, -0.25) is 14.1 Å². The fourth-order valence-corrected chi connectivity index (χ4v) is 2.31. The van der Waals surface area contributed by atoms with E-state index in [1.165, 1.54) is 19.1 Å². The summed E-state index contributed by atoms with van der Waals surface area (Å²) in [6.07, 6.45) is 0.237. The Morgan fingerprint density at radius 3 is 2.48 bits per heavy atom. The largest absolute Gasteiger partial charge is 0.440 e. The molecule has 0 radical (unpaired) electrons. The van der Waals surface area contributed by atoms with Crippen LogP contribution in [0.2, 0.25) is 0 Å². The van der Waals surface area contributed by atoms with Crippen LogP contribution in [0, 0.1) is 5.82 Å². The summed E-state index contributed by atoms with van der Waals surface area (Å²) >= 11 is 0. The topological polar surface area (TPSA) is 94.3 Å². The normalized spacial score (nSPS) is 10.4. The van der Waals surface area contributed by atoms with E-state index in [9.17, 15) is 14.0 Å². The third-order valence-electron chi connectivity index (χ3n) is 3.58. The van der Waals surface area contributed by atoms with Crippen LogP contribution in [0.5, 0.6) is 6.08 Å². The minimum atomic E-state index is -0.320. The lowest BCUT2D eigenvalue weighted by molar-refractivity contribution is -0.114. The van der Waals surface area contributed by atoms with E-state index in [0.717, 1.165) is 5.56 Å². The summed E-state index contributed by atoms with van der Waals surface area (Å²) in [4.78, 5) is 27.2. The molecule has 1 N–H and O–H groups in total. The van der Waals surface area contributed by atoms with Gasteiger partial charge in [-0.15, -0.1) is 0 Å². The third-order valence-corrected chi connectivity index (χ3v) is 3.58. The fourth-order valence-electron chi connectivity index (χ4n) is 2.31. The zero-order chi connectivity index (χ0) is 19.2. The van der Waals surface area contributed by atoms with Gasteiger partial charge in [0, 0.05) is 24.6 Å². The van der Waals surface area contributed by atoms with Crippen LogP contribution in [0.15, 0.2) is 53.1 Å². The Hall–Kier alpha value is -3.55. The Labute approximate surface area is 154 Å². The van der Waals surface area contributed by atoms with Gasteiger partial charge in [-0.25, -0.2) is 4.39 Å². The monoisotopic (exact) mass is 369 g/mol. The number of amides is 1. The van der Waals surface area contributed by atoms with Gasteiger partial charge in [-0.2, -0.15) is 4.98 Å². The van der Waals surface area contributed by atoms with E-state index in [1.807, 2.05) is 0 Å². The van der Waals surface area contributed by atoms with Crippen molar-refractivity contribution in [3.63, 3.8) is 0 Å². The smallest absolute Gasteiger partial charge is 0.417 e. The molecule has 3 aromatic rings. The standard InChI is InChI=1S/C19H16FN3O4/c1-12(24)21-16-8-4-14(5-9-16)17(25)11-26-19-22-18(23-27-19)10-13-2-6-15(20)7-3-13/h2-9H,10-11H2,1H3,(H,21,24). The Balaban J connectivity index is 1.54. The van der Waals surface area contributed by atoms with Crippen molar-refractivity contribution in [2.75, 3.05) is 11.9 Å².